The predicted molar refractivity (Wildman–Crippen MR) is 97.1 cm³/mol. The molecule has 0 bridgehead atoms. The lowest BCUT2D eigenvalue weighted by Crippen LogP contribution is -2.41. The Morgan fingerprint density at radius 3 is 2.72 bits per heavy atom. The summed E-state index contributed by atoms with van der Waals surface area (Å²) in [5, 5.41) is 2.89. The van der Waals surface area contributed by atoms with Crippen LogP contribution in [0.4, 0.5) is 5.69 Å². The molecule has 1 aromatic rings. The molecule has 0 atom stereocenters. The van der Waals surface area contributed by atoms with Gasteiger partial charge in [0.15, 0.2) is 0 Å². The van der Waals surface area contributed by atoms with E-state index in [1.54, 1.807) is 12.4 Å². The number of anilines is 1. The summed E-state index contributed by atoms with van der Waals surface area (Å²) in [6.45, 7) is 3.73. The van der Waals surface area contributed by atoms with Crippen molar-refractivity contribution in [1.29, 1.82) is 0 Å². The maximum atomic E-state index is 12.1. The average Bonchev–Trinajstić information content (AvgIpc) is 2.77. The first-order valence-electron chi connectivity index (χ1n) is 9.23. The molecule has 0 aliphatic carbocycles. The van der Waals surface area contributed by atoms with Crippen LogP contribution in [0.5, 0.6) is 0 Å². The molecule has 2 saturated heterocycles. The number of rotatable bonds is 4. The molecule has 25 heavy (non-hydrogen) atoms. The van der Waals surface area contributed by atoms with Crippen LogP contribution in [0, 0.1) is 5.41 Å². The van der Waals surface area contributed by atoms with Gasteiger partial charge in [-0.05, 0) is 56.3 Å². The van der Waals surface area contributed by atoms with Crippen LogP contribution in [0.1, 0.15) is 38.5 Å². The van der Waals surface area contributed by atoms with E-state index in [0.717, 1.165) is 57.5 Å². The van der Waals surface area contributed by atoms with Gasteiger partial charge in [-0.1, -0.05) is 0 Å². The van der Waals surface area contributed by atoms with Gasteiger partial charge in [0.1, 0.15) is 0 Å². The smallest absolute Gasteiger partial charge is 0.225 e. The molecule has 1 spiro atoms. The van der Waals surface area contributed by atoms with E-state index in [1.165, 1.54) is 0 Å². The zero-order valence-corrected chi connectivity index (χ0v) is 15.0. The van der Waals surface area contributed by atoms with Crippen LogP contribution in [0.2, 0.25) is 0 Å². The highest BCUT2D eigenvalue weighted by Gasteiger charge is 2.37. The SMILES string of the molecule is CN1CCC2(CCC1=O)CCN(CCC(=O)Nc1cccnc1)CC2. The summed E-state index contributed by atoms with van der Waals surface area (Å²) in [7, 11) is 1.91. The monoisotopic (exact) mass is 344 g/mol. The Morgan fingerprint density at radius 1 is 1.24 bits per heavy atom. The lowest BCUT2D eigenvalue weighted by Gasteiger charge is -2.41. The number of nitrogens with zero attached hydrogens (tertiary/aromatic N) is 3. The van der Waals surface area contributed by atoms with Crippen molar-refractivity contribution in [2.45, 2.75) is 38.5 Å². The van der Waals surface area contributed by atoms with Crippen molar-refractivity contribution in [3.8, 4) is 0 Å². The lowest BCUT2D eigenvalue weighted by molar-refractivity contribution is -0.129. The van der Waals surface area contributed by atoms with Gasteiger partial charge >= 0.3 is 0 Å². The number of piperidine rings is 1. The van der Waals surface area contributed by atoms with Crippen LogP contribution in [0.15, 0.2) is 24.5 Å². The lowest BCUT2D eigenvalue weighted by atomic mass is 9.73. The standard InChI is InChI=1S/C19H28N4O2/c1-22-12-7-19(6-4-18(22)25)8-13-23(14-9-19)11-5-17(24)21-16-3-2-10-20-15-16/h2-3,10,15H,4-9,11-14H2,1H3,(H,21,24). The van der Waals surface area contributed by atoms with Gasteiger partial charge in [-0.3, -0.25) is 14.6 Å². The zero-order chi connectivity index (χ0) is 17.7. The van der Waals surface area contributed by atoms with Crippen LogP contribution in [-0.2, 0) is 9.59 Å². The molecule has 0 saturated carbocycles. The second-order valence-corrected chi connectivity index (χ2v) is 7.45. The first-order chi connectivity index (χ1) is 12.1. The minimum absolute atomic E-state index is 0.0370. The van der Waals surface area contributed by atoms with E-state index < -0.39 is 0 Å². The molecule has 0 aromatic carbocycles. The molecular formula is C19H28N4O2. The van der Waals surface area contributed by atoms with E-state index in [9.17, 15) is 9.59 Å². The van der Waals surface area contributed by atoms with Gasteiger partial charge in [0.05, 0.1) is 11.9 Å². The van der Waals surface area contributed by atoms with Crippen LogP contribution in [-0.4, -0.2) is 59.8 Å². The third-order valence-electron chi connectivity index (χ3n) is 5.79. The Bertz CT molecular complexity index is 597. The van der Waals surface area contributed by atoms with E-state index in [4.69, 9.17) is 0 Å². The highest BCUT2D eigenvalue weighted by molar-refractivity contribution is 5.90. The van der Waals surface area contributed by atoms with Crippen LogP contribution in [0.3, 0.4) is 0 Å². The molecule has 3 heterocycles. The Hall–Kier alpha value is -1.95. The number of likely N-dealkylation sites (tertiary alicyclic amines) is 2. The van der Waals surface area contributed by atoms with Crippen LogP contribution in [0.25, 0.3) is 0 Å². The van der Waals surface area contributed by atoms with Gasteiger partial charge in [-0.2, -0.15) is 0 Å². The fourth-order valence-corrected chi connectivity index (χ4v) is 3.89. The van der Waals surface area contributed by atoms with Gasteiger partial charge in [-0.25, -0.2) is 0 Å². The minimum atomic E-state index is 0.0370. The van der Waals surface area contributed by atoms with Crippen LogP contribution < -0.4 is 5.32 Å². The third kappa shape index (κ3) is 4.78. The van der Waals surface area contributed by atoms with Crippen LogP contribution >= 0.6 is 0 Å². The maximum absolute atomic E-state index is 12.1. The number of hydrogen-bond acceptors (Lipinski definition) is 4. The van der Waals surface area contributed by atoms with E-state index >= 15 is 0 Å². The van der Waals surface area contributed by atoms with Gasteiger partial charge in [0.2, 0.25) is 11.8 Å². The summed E-state index contributed by atoms with van der Waals surface area (Å²) < 4.78 is 0. The molecule has 3 rings (SSSR count). The second kappa shape index (κ2) is 7.95. The van der Waals surface area contributed by atoms with Crippen molar-refractivity contribution >= 4 is 17.5 Å². The van der Waals surface area contributed by atoms with E-state index in [1.807, 2.05) is 24.1 Å². The number of amides is 2. The first-order valence-corrected chi connectivity index (χ1v) is 9.23. The number of nitrogens with one attached hydrogen (secondary N) is 1. The van der Waals surface area contributed by atoms with Gasteiger partial charge in [-0.15, -0.1) is 0 Å². The van der Waals surface area contributed by atoms with Crippen molar-refractivity contribution in [2.24, 2.45) is 5.41 Å². The molecule has 2 fully saturated rings. The van der Waals surface area contributed by atoms with Gasteiger partial charge in [0.25, 0.3) is 0 Å². The Labute approximate surface area is 149 Å². The molecule has 6 heteroatoms. The number of pyridine rings is 1. The summed E-state index contributed by atoms with van der Waals surface area (Å²) in [5.74, 6) is 0.321. The molecule has 136 valence electrons. The Balaban J connectivity index is 1.42. The molecule has 0 unspecified atom stereocenters. The normalized spacial score (nSPS) is 21.2. The molecule has 2 aliphatic rings. The highest BCUT2D eigenvalue weighted by atomic mass is 16.2. The fraction of sp³-hybridized carbons (Fsp3) is 0.632. The summed E-state index contributed by atoms with van der Waals surface area (Å²) in [4.78, 5) is 32.2. The molecule has 2 aliphatic heterocycles. The number of hydrogen-bond donors (Lipinski definition) is 1. The van der Waals surface area contributed by atoms with Gasteiger partial charge in [0, 0.05) is 39.2 Å². The van der Waals surface area contributed by atoms with E-state index in [-0.39, 0.29) is 11.8 Å². The number of aromatic nitrogens is 1. The molecule has 0 radical (unpaired) electrons. The second-order valence-electron chi connectivity index (χ2n) is 7.45. The first kappa shape index (κ1) is 17.9. The van der Waals surface area contributed by atoms with Gasteiger partial charge < -0.3 is 15.1 Å². The van der Waals surface area contributed by atoms with Crippen molar-refractivity contribution < 1.29 is 9.59 Å². The summed E-state index contributed by atoms with van der Waals surface area (Å²) in [5.41, 5.74) is 1.08. The molecular weight excluding hydrogens is 316 g/mol. The van der Waals surface area contributed by atoms with Crippen molar-refractivity contribution in [3.05, 3.63) is 24.5 Å². The molecule has 2 amide bonds. The quantitative estimate of drug-likeness (QED) is 0.909. The van der Waals surface area contributed by atoms with E-state index in [0.29, 0.717) is 18.3 Å². The zero-order valence-electron chi connectivity index (χ0n) is 15.0. The summed E-state index contributed by atoms with van der Waals surface area (Å²) in [6, 6.07) is 3.66. The topological polar surface area (TPSA) is 65.5 Å². The maximum Gasteiger partial charge on any atom is 0.225 e. The third-order valence-corrected chi connectivity index (χ3v) is 5.79. The van der Waals surface area contributed by atoms with Crippen molar-refractivity contribution in [2.75, 3.05) is 38.5 Å². The molecule has 6 nitrogen and oxygen atoms in total. The van der Waals surface area contributed by atoms with Crippen molar-refractivity contribution in [1.82, 2.24) is 14.8 Å². The highest BCUT2D eigenvalue weighted by Crippen LogP contribution is 2.41. The summed E-state index contributed by atoms with van der Waals surface area (Å²) in [6.07, 6.45) is 8.95. The Morgan fingerprint density at radius 2 is 2.00 bits per heavy atom. The number of carbonyl (C=O) groups is 2. The largest absolute Gasteiger partial charge is 0.346 e. The summed E-state index contributed by atoms with van der Waals surface area (Å²) >= 11 is 0. The number of carbonyl (C=O) groups excluding carboxylic acids is 2. The minimum Gasteiger partial charge on any atom is -0.346 e. The Kier molecular flexibility index (Phi) is 5.68. The molecule has 1 N–H and O–H groups in total. The predicted octanol–water partition coefficient (Wildman–Crippen LogP) is 2.13. The average molecular weight is 344 g/mol. The molecule has 1 aromatic heterocycles. The fourth-order valence-electron chi connectivity index (χ4n) is 3.89. The van der Waals surface area contributed by atoms with E-state index in [2.05, 4.69) is 15.2 Å². The van der Waals surface area contributed by atoms with Crippen molar-refractivity contribution in [3.63, 3.8) is 0 Å².